The fourth-order valence-electron chi connectivity index (χ4n) is 4.42. The summed E-state index contributed by atoms with van der Waals surface area (Å²) >= 11 is 0. The molecule has 0 spiro atoms. The highest BCUT2D eigenvalue weighted by molar-refractivity contribution is 7.92. The van der Waals surface area contributed by atoms with Gasteiger partial charge in [0.05, 0.1) is 18.6 Å². The van der Waals surface area contributed by atoms with Gasteiger partial charge in [-0.15, -0.1) is 0 Å². The van der Waals surface area contributed by atoms with Gasteiger partial charge in [0, 0.05) is 12.6 Å². The van der Waals surface area contributed by atoms with Crippen molar-refractivity contribution in [1.29, 1.82) is 0 Å². The summed E-state index contributed by atoms with van der Waals surface area (Å²) in [5, 5.41) is 3.09. The molecule has 196 valence electrons. The third kappa shape index (κ3) is 7.71. The van der Waals surface area contributed by atoms with E-state index < -0.39 is 28.5 Å². The molecule has 36 heavy (non-hydrogen) atoms. The van der Waals surface area contributed by atoms with Gasteiger partial charge >= 0.3 is 0 Å². The minimum absolute atomic E-state index is 0.110. The highest BCUT2D eigenvalue weighted by Crippen LogP contribution is 2.23. The van der Waals surface area contributed by atoms with Crippen molar-refractivity contribution in [1.82, 2.24) is 10.2 Å². The molecular weight excluding hydrogens is 478 g/mol. The SMILES string of the molecule is CCOc1ccc(N(CC(=O)N(Cc2ccccc2)[C@@H](C)C(=O)NC2CCCCC2)S(C)(=O)=O)cc1. The molecular formula is C27H37N3O5S. The van der Waals surface area contributed by atoms with Crippen LogP contribution in [0.4, 0.5) is 5.69 Å². The Bertz CT molecular complexity index is 1100. The van der Waals surface area contributed by atoms with Crippen molar-refractivity contribution in [2.75, 3.05) is 23.7 Å². The number of carbonyl (C=O) groups excluding carboxylic acids is 2. The number of carbonyl (C=O) groups is 2. The Morgan fingerprint density at radius 3 is 2.25 bits per heavy atom. The van der Waals surface area contributed by atoms with Crippen LogP contribution in [0.15, 0.2) is 54.6 Å². The van der Waals surface area contributed by atoms with Gasteiger partial charge in [-0.3, -0.25) is 13.9 Å². The first-order chi connectivity index (χ1) is 17.2. The van der Waals surface area contributed by atoms with Crippen molar-refractivity contribution in [2.24, 2.45) is 0 Å². The minimum Gasteiger partial charge on any atom is -0.494 e. The van der Waals surface area contributed by atoms with Crippen molar-refractivity contribution in [3.63, 3.8) is 0 Å². The summed E-state index contributed by atoms with van der Waals surface area (Å²) < 4.78 is 31.8. The van der Waals surface area contributed by atoms with Crippen molar-refractivity contribution in [2.45, 2.75) is 64.6 Å². The molecule has 0 aliphatic heterocycles. The van der Waals surface area contributed by atoms with E-state index >= 15 is 0 Å². The van der Waals surface area contributed by atoms with Gasteiger partial charge in [-0.1, -0.05) is 49.6 Å². The largest absolute Gasteiger partial charge is 0.494 e. The summed E-state index contributed by atoms with van der Waals surface area (Å²) in [4.78, 5) is 28.2. The smallest absolute Gasteiger partial charge is 0.244 e. The van der Waals surface area contributed by atoms with E-state index in [-0.39, 0.29) is 18.5 Å². The van der Waals surface area contributed by atoms with Crippen LogP contribution >= 0.6 is 0 Å². The zero-order valence-corrected chi connectivity index (χ0v) is 22.2. The molecule has 1 fully saturated rings. The number of nitrogens with zero attached hydrogens (tertiary/aromatic N) is 2. The maximum Gasteiger partial charge on any atom is 0.244 e. The highest BCUT2D eigenvalue weighted by atomic mass is 32.2. The number of benzene rings is 2. The van der Waals surface area contributed by atoms with Crippen LogP contribution in [0, 0.1) is 0 Å². The monoisotopic (exact) mass is 515 g/mol. The summed E-state index contributed by atoms with van der Waals surface area (Å²) in [6.07, 6.45) is 6.27. The molecule has 9 heteroatoms. The molecule has 8 nitrogen and oxygen atoms in total. The van der Waals surface area contributed by atoms with Gasteiger partial charge in [0.25, 0.3) is 0 Å². The van der Waals surface area contributed by atoms with Crippen molar-refractivity contribution in [3.05, 3.63) is 60.2 Å². The van der Waals surface area contributed by atoms with Gasteiger partial charge < -0.3 is 15.0 Å². The lowest BCUT2D eigenvalue weighted by Gasteiger charge is -2.33. The van der Waals surface area contributed by atoms with Crippen molar-refractivity contribution < 1.29 is 22.7 Å². The van der Waals surface area contributed by atoms with Crippen LogP contribution in [-0.4, -0.2) is 56.6 Å². The van der Waals surface area contributed by atoms with Crippen LogP contribution in [-0.2, 0) is 26.2 Å². The molecule has 1 aliphatic rings. The van der Waals surface area contributed by atoms with Gasteiger partial charge in [0.15, 0.2) is 0 Å². The number of hydrogen-bond donors (Lipinski definition) is 1. The second-order valence-electron chi connectivity index (χ2n) is 9.22. The summed E-state index contributed by atoms with van der Waals surface area (Å²) in [6.45, 7) is 3.83. The van der Waals surface area contributed by atoms with E-state index in [1.54, 1.807) is 31.2 Å². The summed E-state index contributed by atoms with van der Waals surface area (Å²) in [5.41, 5.74) is 1.21. The van der Waals surface area contributed by atoms with Gasteiger partial charge in [-0.05, 0) is 56.5 Å². The van der Waals surface area contributed by atoms with Crippen molar-refractivity contribution >= 4 is 27.5 Å². The van der Waals surface area contributed by atoms with E-state index in [4.69, 9.17) is 4.74 Å². The van der Waals surface area contributed by atoms with Crippen LogP contribution in [0.2, 0.25) is 0 Å². The normalized spacial score (nSPS) is 15.1. The maximum atomic E-state index is 13.6. The molecule has 0 radical (unpaired) electrons. The van der Waals surface area contributed by atoms with E-state index in [2.05, 4.69) is 5.32 Å². The van der Waals surface area contributed by atoms with Gasteiger partial charge in [-0.25, -0.2) is 8.42 Å². The number of anilines is 1. The average Bonchev–Trinajstić information content (AvgIpc) is 2.86. The number of hydrogen-bond acceptors (Lipinski definition) is 5. The number of sulfonamides is 1. The molecule has 1 saturated carbocycles. The molecule has 2 aromatic carbocycles. The van der Waals surface area contributed by atoms with E-state index in [1.807, 2.05) is 37.3 Å². The molecule has 0 unspecified atom stereocenters. The zero-order chi connectivity index (χ0) is 26.1. The minimum atomic E-state index is -3.77. The fourth-order valence-corrected chi connectivity index (χ4v) is 5.27. The molecule has 1 atom stereocenters. The number of rotatable bonds is 11. The van der Waals surface area contributed by atoms with E-state index in [0.717, 1.165) is 41.8 Å². The predicted molar refractivity (Wildman–Crippen MR) is 141 cm³/mol. The Morgan fingerprint density at radius 2 is 1.67 bits per heavy atom. The van der Waals surface area contributed by atoms with E-state index in [1.165, 1.54) is 11.3 Å². The Hall–Kier alpha value is -3.07. The molecule has 0 heterocycles. The van der Waals surface area contributed by atoms with Crippen LogP contribution in [0.5, 0.6) is 5.75 Å². The van der Waals surface area contributed by atoms with Gasteiger partial charge in [0.1, 0.15) is 18.3 Å². The van der Waals surface area contributed by atoms with Crippen LogP contribution in [0.3, 0.4) is 0 Å². The number of ether oxygens (including phenoxy) is 1. The third-order valence-electron chi connectivity index (χ3n) is 6.43. The zero-order valence-electron chi connectivity index (χ0n) is 21.4. The number of amides is 2. The lowest BCUT2D eigenvalue weighted by Crippen LogP contribution is -2.52. The quantitative estimate of drug-likeness (QED) is 0.492. The molecule has 0 bridgehead atoms. The molecule has 3 rings (SSSR count). The Morgan fingerprint density at radius 1 is 1.03 bits per heavy atom. The maximum absolute atomic E-state index is 13.6. The first-order valence-electron chi connectivity index (χ1n) is 12.5. The lowest BCUT2D eigenvalue weighted by molar-refractivity contribution is -0.139. The van der Waals surface area contributed by atoms with E-state index in [0.29, 0.717) is 18.0 Å². The van der Waals surface area contributed by atoms with Crippen molar-refractivity contribution in [3.8, 4) is 5.75 Å². The summed E-state index contributed by atoms with van der Waals surface area (Å²) in [6, 6.07) is 15.3. The second kappa shape index (κ2) is 12.8. The standard InChI is InChI=1S/C27H37N3O5S/c1-4-35-25-17-15-24(16-18-25)30(36(3,33)34)20-26(31)29(19-22-11-7-5-8-12-22)21(2)27(32)28-23-13-9-6-10-14-23/h5,7-8,11-12,15-18,21,23H,4,6,9-10,13-14,19-20H2,1-3H3,(H,28,32)/t21-/m0/s1. The first-order valence-corrected chi connectivity index (χ1v) is 14.4. The predicted octanol–water partition coefficient (Wildman–Crippen LogP) is 3.72. The van der Waals surface area contributed by atoms with Gasteiger partial charge in [-0.2, -0.15) is 0 Å². The fraction of sp³-hybridized carbons (Fsp3) is 0.481. The Balaban J connectivity index is 1.83. The van der Waals surface area contributed by atoms with Crippen LogP contribution in [0.25, 0.3) is 0 Å². The lowest BCUT2D eigenvalue weighted by atomic mass is 9.95. The molecule has 2 aromatic rings. The highest BCUT2D eigenvalue weighted by Gasteiger charge is 2.31. The van der Waals surface area contributed by atoms with Crippen LogP contribution < -0.4 is 14.4 Å². The first kappa shape index (κ1) is 27.5. The number of nitrogens with one attached hydrogen (secondary N) is 1. The molecule has 0 saturated heterocycles. The van der Waals surface area contributed by atoms with Crippen LogP contribution in [0.1, 0.15) is 51.5 Å². The molecule has 2 amide bonds. The van der Waals surface area contributed by atoms with E-state index in [9.17, 15) is 18.0 Å². The molecule has 0 aromatic heterocycles. The average molecular weight is 516 g/mol. The topological polar surface area (TPSA) is 96.0 Å². The summed E-state index contributed by atoms with van der Waals surface area (Å²) in [7, 11) is -3.77. The third-order valence-corrected chi connectivity index (χ3v) is 7.57. The van der Waals surface area contributed by atoms with Gasteiger partial charge in [0.2, 0.25) is 21.8 Å². The second-order valence-corrected chi connectivity index (χ2v) is 11.1. The Kier molecular flexibility index (Phi) is 9.75. The Labute approximate surface area is 214 Å². The molecule has 1 N–H and O–H groups in total. The molecule has 1 aliphatic carbocycles. The summed E-state index contributed by atoms with van der Waals surface area (Å²) in [5.74, 6) is -0.0673.